The molecular weight excluding hydrogens is 286 g/mol. The van der Waals surface area contributed by atoms with Gasteiger partial charge >= 0.3 is 0 Å². The Labute approximate surface area is 126 Å². The summed E-state index contributed by atoms with van der Waals surface area (Å²) in [5, 5.41) is 7.65. The fraction of sp³-hybridized carbons (Fsp3) is 0.0667. The first kappa shape index (κ1) is 13.0. The minimum absolute atomic E-state index is 0.423. The molecule has 0 saturated carbocycles. The highest BCUT2D eigenvalue weighted by Gasteiger charge is 2.07. The van der Waals surface area contributed by atoms with Gasteiger partial charge in [0.05, 0.1) is 17.7 Å². The summed E-state index contributed by atoms with van der Waals surface area (Å²) < 4.78 is 0. The topological polar surface area (TPSA) is 50.9 Å². The van der Waals surface area contributed by atoms with Gasteiger partial charge in [-0.3, -0.25) is 0 Å². The molecule has 0 spiro atoms. The number of thiazole rings is 1. The highest BCUT2D eigenvalue weighted by atomic mass is 32.1. The first-order chi connectivity index (χ1) is 9.75. The first-order valence-corrected chi connectivity index (χ1v) is 7.53. The Bertz CT molecular complexity index is 751. The van der Waals surface area contributed by atoms with Crippen LogP contribution in [-0.2, 0) is 6.54 Å². The number of aromatic nitrogens is 1. The molecule has 1 aromatic heterocycles. The molecular formula is C15H13N3S2. The summed E-state index contributed by atoms with van der Waals surface area (Å²) in [4.78, 5) is 4.70. The molecule has 20 heavy (non-hydrogen) atoms. The second-order valence-corrected chi connectivity index (χ2v) is 5.56. The van der Waals surface area contributed by atoms with Crippen molar-refractivity contribution in [2.45, 2.75) is 6.54 Å². The lowest BCUT2D eigenvalue weighted by molar-refractivity contribution is 1.08. The van der Waals surface area contributed by atoms with Crippen LogP contribution in [0.2, 0.25) is 0 Å². The second-order valence-electron chi connectivity index (χ2n) is 4.40. The number of nitrogens with two attached hydrogens (primary N) is 1. The van der Waals surface area contributed by atoms with Crippen molar-refractivity contribution in [3.8, 4) is 0 Å². The Morgan fingerprint density at radius 3 is 2.70 bits per heavy atom. The minimum Gasteiger partial charge on any atom is -0.389 e. The van der Waals surface area contributed by atoms with Crippen LogP contribution in [0, 0.1) is 0 Å². The molecule has 3 nitrogen and oxygen atoms in total. The lowest BCUT2D eigenvalue weighted by atomic mass is 10.0. The molecule has 0 radical (unpaired) electrons. The van der Waals surface area contributed by atoms with Gasteiger partial charge in [-0.2, -0.15) is 0 Å². The Kier molecular flexibility index (Phi) is 3.62. The first-order valence-electron chi connectivity index (χ1n) is 6.18. The molecule has 0 aliphatic carbocycles. The fourth-order valence-corrected chi connectivity index (χ4v) is 2.92. The molecule has 0 unspecified atom stereocenters. The summed E-state index contributed by atoms with van der Waals surface area (Å²) in [6.07, 6.45) is 0. The molecule has 3 rings (SSSR count). The highest BCUT2D eigenvalue weighted by molar-refractivity contribution is 7.80. The quantitative estimate of drug-likeness (QED) is 0.723. The average molecular weight is 299 g/mol. The van der Waals surface area contributed by atoms with Gasteiger partial charge in [-0.05, 0) is 17.5 Å². The molecule has 0 fully saturated rings. The number of nitrogens with one attached hydrogen (secondary N) is 1. The van der Waals surface area contributed by atoms with Crippen molar-refractivity contribution in [3.05, 3.63) is 58.5 Å². The van der Waals surface area contributed by atoms with Crippen LogP contribution in [-0.4, -0.2) is 9.97 Å². The number of thiocarbonyl (C=S) groups is 1. The second kappa shape index (κ2) is 5.56. The molecule has 0 aliphatic heterocycles. The third-order valence-corrected chi connectivity index (χ3v) is 3.99. The predicted octanol–water partition coefficient (Wildman–Crippen LogP) is 3.54. The van der Waals surface area contributed by atoms with Crippen LogP contribution in [0.15, 0.2) is 47.3 Å². The summed E-state index contributed by atoms with van der Waals surface area (Å²) in [6, 6.07) is 12.1. The van der Waals surface area contributed by atoms with Crippen molar-refractivity contribution in [2.24, 2.45) is 5.73 Å². The van der Waals surface area contributed by atoms with E-state index in [1.807, 2.05) is 41.2 Å². The Morgan fingerprint density at radius 1 is 1.20 bits per heavy atom. The molecule has 2 aromatic carbocycles. The summed E-state index contributed by atoms with van der Waals surface area (Å²) >= 11 is 6.71. The Balaban J connectivity index is 1.99. The van der Waals surface area contributed by atoms with E-state index in [1.54, 1.807) is 11.3 Å². The third kappa shape index (κ3) is 2.50. The normalized spacial score (nSPS) is 10.6. The summed E-state index contributed by atoms with van der Waals surface area (Å²) in [7, 11) is 0. The summed E-state index contributed by atoms with van der Waals surface area (Å²) in [6.45, 7) is 0.708. The van der Waals surface area contributed by atoms with Crippen molar-refractivity contribution in [3.63, 3.8) is 0 Å². The van der Waals surface area contributed by atoms with E-state index in [2.05, 4.69) is 16.4 Å². The van der Waals surface area contributed by atoms with Gasteiger partial charge in [0.15, 0.2) is 0 Å². The molecule has 3 aromatic rings. The van der Waals surface area contributed by atoms with Crippen molar-refractivity contribution in [2.75, 3.05) is 5.32 Å². The van der Waals surface area contributed by atoms with Gasteiger partial charge in [-0.15, -0.1) is 11.3 Å². The van der Waals surface area contributed by atoms with Crippen molar-refractivity contribution < 1.29 is 0 Å². The minimum atomic E-state index is 0.423. The fourth-order valence-electron chi connectivity index (χ4n) is 2.18. The van der Waals surface area contributed by atoms with Crippen LogP contribution in [0.4, 0.5) is 5.69 Å². The molecule has 0 saturated heterocycles. The number of nitrogens with zero attached hydrogens (tertiary/aromatic N) is 1. The van der Waals surface area contributed by atoms with Crippen molar-refractivity contribution >= 4 is 45.0 Å². The van der Waals surface area contributed by atoms with Crippen LogP contribution in [0.1, 0.15) is 11.3 Å². The number of fused-ring (bicyclic) bond motifs is 1. The van der Waals surface area contributed by atoms with E-state index in [4.69, 9.17) is 18.0 Å². The number of anilines is 1. The zero-order valence-electron chi connectivity index (χ0n) is 10.7. The number of hydrogen-bond acceptors (Lipinski definition) is 4. The van der Waals surface area contributed by atoms with E-state index in [-0.39, 0.29) is 0 Å². The van der Waals surface area contributed by atoms with E-state index >= 15 is 0 Å². The van der Waals surface area contributed by atoms with Gasteiger partial charge in [-0.25, -0.2) is 4.98 Å². The van der Waals surface area contributed by atoms with Crippen LogP contribution >= 0.6 is 23.6 Å². The van der Waals surface area contributed by atoms with Gasteiger partial charge in [0, 0.05) is 22.0 Å². The summed E-state index contributed by atoms with van der Waals surface area (Å²) in [5.74, 6) is 0. The van der Waals surface area contributed by atoms with Gasteiger partial charge in [0.25, 0.3) is 0 Å². The molecule has 5 heteroatoms. The molecule has 0 amide bonds. The molecule has 0 aliphatic rings. The van der Waals surface area contributed by atoms with Gasteiger partial charge in [0.1, 0.15) is 4.99 Å². The third-order valence-electron chi connectivity index (χ3n) is 3.13. The van der Waals surface area contributed by atoms with E-state index in [9.17, 15) is 0 Å². The summed E-state index contributed by atoms with van der Waals surface area (Å²) in [5.41, 5.74) is 10.6. The number of rotatable bonds is 4. The maximum atomic E-state index is 5.78. The highest BCUT2D eigenvalue weighted by Crippen LogP contribution is 2.27. The molecule has 0 bridgehead atoms. The molecule has 0 atom stereocenters. The monoisotopic (exact) mass is 299 g/mol. The van der Waals surface area contributed by atoms with Gasteiger partial charge in [-0.1, -0.05) is 36.5 Å². The number of hydrogen-bond donors (Lipinski definition) is 2. The lowest BCUT2D eigenvalue weighted by Crippen LogP contribution is -2.10. The van der Waals surface area contributed by atoms with E-state index in [0.29, 0.717) is 11.5 Å². The van der Waals surface area contributed by atoms with Crippen molar-refractivity contribution in [1.29, 1.82) is 0 Å². The molecule has 1 heterocycles. The van der Waals surface area contributed by atoms with Crippen LogP contribution in [0.25, 0.3) is 10.8 Å². The van der Waals surface area contributed by atoms with Crippen LogP contribution in [0.5, 0.6) is 0 Å². The van der Waals surface area contributed by atoms with E-state index < -0.39 is 0 Å². The van der Waals surface area contributed by atoms with Gasteiger partial charge < -0.3 is 11.1 Å². The number of benzene rings is 2. The van der Waals surface area contributed by atoms with E-state index in [1.165, 1.54) is 0 Å². The average Bonchev–Trinajstić information content (AvgIpc) is 2.97. The van der Waals surface area contributed by atoms with Gasteiger partial charge in [0.2, 0.25) is 0 Å². The standard InChI is InChI=1S/C15H13N3S2/c16-15(19)13-5-6-14(12-4-2-1-3-11(12)13)17-7-10-8-20-9-18-10/h1-6,8-9,17H,7H2,(H2,16,19). The largest absolute Gasteiger partial charge is 0.389 e. The van der Waals surface area contributed by atoms with Crippen LogP contribution in [0.3, 0.4) is 0 Å². The Morgan fingerprint density at radius 2 is 2.00 bits per heavy atom. The van der Waals surface area contributed by atoms with Crippen molar-refractivity contribution in [1.82, 2.24) is 4.98 Å². The Hall–Kier alpha value is -1.98. The lowest BCUT2D eigenvalue weighted by Gasteiger charge is -2.11. The smallest absolute Gasteiger partial charge is 0.104 e. The zero-order valence-corrected chi connectivity index (χ0v) is 12.3. The zero-order chi connectivity index (χ0) is 13.9. The maximum Gasteiger partial charge on any atom is 0.104 e. The van der Waals surface area contributed by atoms with Crippen LogP contribution < -0.4 is 11.1 Å². The molecule has 100 valence electrons. The molecule has 3 N–H and O–H groups in total. The predicted molar refractivity (Wildman–Crippen MR) is 89.3 cm³/mol. The maximum absolute atomic E-state index is 5.78. The SMILES string of the molecule is NC(=S)c1ccc(NCc2cscn2)c2ccccc12. The van der Waals surface area contributed by atoms with E-state index in [0.717, 1.165) is 27.7 Å².